The Labute approximate surface area is 119 Å². The molecule has 0 saturated carbocycles. The molecule has 0 aliphatic heterocycles. The Balaban J connectivity index is 2.20. The monoisotopic (exact) mass is 275 g/mol. The summed E-state index contributed by atoms with van der Waals surface area (Å²) in [5, 5.41) is 7.26. The van der Waals surface area contributed by atoms with Crippen molar-refractivity contribution in [2.75, 3.05) is 12.4 Å². The van der Waals surface area contributed by atoms with Gasteiger partial charge in [0.2, 0.25) is 5.88 Å². The van der Waals surface area contributed by atoms with Crippen molar-refractivity contribution >= 4 is 5.82 Å². The molecule has 0 aliphatic rings. The molecule has 0 spiro atoms. The largest absolute Gasteiger partial charge is 0.436 e. The number of nitrogens with zero attached hydrogens (tertiary/aromatic N) is 4. The minimum atomic E-state index is 0.244. The van der Waals surface area contributed by atoms with E-state index in [2.05, 4.69) is 41.2 Å². The zero-order valence-corrected chi connectivity index (χ0v) is 12.4. The van der Waals surface area contributed by atoms with Crippen molar-refractivity contribution < 1.29 is 4.74 Å². The summed E-state index contributed by atoms with van der Waals surface area (Å²) in [6, 6.07) is 1.78. The number of hydrogen-bond donors (Lipinski definition) is 1. The van der Waals surface area contributed by atoms with Crippen LogP contribution in [0.5, 0.6) is 11.6 Å². The fourth-order valence-corrected chi connectivity index (χ4v) is 1.75. The van der Waals surface area contributed by atoms with Crippen LogP contribution in [-0.2, 0) is 6.54 Å². The van der Waals surface area contributed by atoms with Crippen LogP contribution in [0.2, 0.25) is 0 Å². The van der Waals surface area contributed by atoms with Crippen molar-refractivity contribution in [1.82, 2.24) is 19.7 Å². The van der Waals surface area contributed by atoms with Gasteiger partial charge in [-0.25, -0.2) is 4.98 Å². The van der Waals surface area contributed by atoms with Gasteiger partial charge in [-0.05, 0) is 6.42 Å². The van der Waals surface area contributed by atoms with E-state index in [0.717, 1.165) is 24.6 Å². The second kappa shape index (κ2) is 6.36. The summed E-state index contributed by atoms with van der Waals surface area (Å²) in [6.45, 7) is 7.10. The highest BCUT2D eigenvalue weighted by molar-refractivity contribution is 5.39. The molecular weight excluding hydrogens is 254 g/mol. The molecule has 2 heterocycles. The highest BCUT2D eigenvalue weighted by Crippen LogP contribution is 2.23. The Morgan fingerprint density at radius 3 is 2.80 bits per heavy atom. The number of nitrogens with one attached hydrogen (secondary N) is 1. The second-order valence-corrected chi connectivity index (χ2v) is 4.90. The van der Waals surface area contributed by atoms with Gasteiger partial charge in [-0.1, -0.05) is 20.8 Å². The minimum Gasteiger partial charge on any atom is -0.436 e. The van der Waals surface area contributed by atoms with Crippen LogP contribution < -0.4 is 10.1 Å². The molecule has 6 heteroatoms. The fraction of sp³-hybridized carbons (Fsp3) is 0.500. The van der Waals surface area contributed by atoms with E-state index < -0.39 is 0 Å². The van der Waals surface area contributed by atoms with E-state index in [4.69, 9.17) is 4.74 Å². The van der Waals surface area contributed by atoms with Crippen molar-refractivity contribution in [3.05, 3.63) is 24.3 Å². The first kappa shape index (κ1) is 14.3. The predicted molar refractivity (Wildman–Crippen MR) is 78.3 cm³/mol. The smallest absolute Gasteiger partial charge is 0.224 e. The molecule has 108 valence electrons. The molecule has 0 saturated heterocycles. The quantitative estimate of drug-likeness (QED) is 0.877. The highest BCUT2D eigenvalue weighted by atomic mass is 16.5. The van der Waals surface area contributed by atoms with Crippen LogP contribution in [-0.4, -0.2) is 26.8 Å². The zero-order chi connectivity index (χ0) is 14.5. The van der Waals surface area contributed by atoms with Gasteiger partial charge in [-0.3, -0.25) is 4.68 Å². The summed E-state index contributed by atoms with van der Waals surface area (Å²) in [6.07, 6.45) is 4.61. The Hall–Kier alpha value is -2.11. The lowest BCUT2D eigenvalue weighted by molar-refractivity contribution is 0.456. The maximum atomic E-state index is 5.76. The van der Waals surface area contributed by atoms with Gasteiger partial charge in [0.1, 0.15) is 11.6 Å². The average Bonchev–Trinajstić information content (AvgIpc) is 2.86. The maximum absolute atomic E-state index is 5.76. The van der Waals surface area contributed by atoms with Crippen LogP contribution in [0.1, 0.15) is 38.9 Å². The third-order valence-electron chi connectivity index (χ3n) is 2.78. The minimum absolute atomic E-state index is 0.244. The van der Waals surface area contributed by atoms with Crippen molar-refractivity contribution in [1.29, 1.82) is 0 Å². The van der Waals surface area contributed by atoms with Crippen LogP contribution in [0, 0.1) is 0 Å². The summed E-state index contributed by atoms with van der Waals surface area (Å²) in [5.41, 5.74) is 0. The average molecular weight is 275 g/mol. The first-order valence-corrected chi connectivity index (χ1v) is 6.89. The number of ether oxygens (including phenoxy) is 1. The van der Waals surface area contributed by atoms with E-state index in [-0.39, 0.29) is 5.92 Å². The highest BCUT2D eigenvalue weighted by Gasteiger charge is 2.10. The molecule has 2 aromatic heterocycles. The molecule has 0 amide bonds. The van der Waals surface area contributed by atoms with E-state index in [0.29, 0.717) is 11.6 Å². The van der Waals surface area contributed by atoms with Crippen LogP contribution in [0.25, 0.3) is 0 Å². The van der Waals surface area contributed by atoms with Gasteiger partial charge in [0.05, 0.1) is 12.4 Å². The SMILES string of the molecule is CCCn1cc(Oc2cc(NC)nc(C(C)C)n2)cn1. The van der Waals surface area contributed by atoms with Gasteiger partial charge in [0.25, 0.3) is 0 Å². The fourth-order valence-electron chi connectivity index (χ4n) is 1.75. The Kier molecular flexibility index (Phi) is 4.55. The third kappa shape index (κ3) is 3.46. The molecular formula is C14H21N5O. The van der Waals surface area contributed by atoms with E-state index in [1.54, 1.807) is 12.3 Å². The van der Waals surface area contributed by atoms with Gasteiger partial charge < -0.3 is 10.1 Å². The van der Waals surface area contributed by atoms with Crippen molar-refractivity contribution in [2.24, 2.45) is 0 Å². The van der Waals surface area contributed by atoms with Gasteiger partial charge in [-0.2, -0.15) is 10.1 Å². The molecule has 2 aromatic rings. The maximum Gasteiger partial charge on any atom is 0.224 e. The first-order chi connectivity index (χ1) is 9.62. The predicted octanol–water partition coefficient (Wildman–Crippen LogP) is 3.04. The zero-order valence-electron chi connectivity index (χ0n) is 12.4. The molecule has 0 radical (unpaired) electrons. The third-order valence-corrected chi connectivity index (χ3v) is 2.78. The Bertz CT molecular complexity index is 564. The molecule has 0 unspecified atom stereocenters. The standard InChI is InChI=1S/C14H21N5O/c1-5-6-19-9-11(8-16-19)20-13-7-12(15-4)17-14(18-13)10(2)3/h7-10H,5-6H2,1-4H3,(H,15,17,18). The lowest BCUT2D eigenvalue weighted by atomic mass is 10.2. The molecule has 2 rings (SSSR count). The summed E-state index contributed by atoms with van der Waals surface area (Å²) >= 11 is 0. The molecule has 0 aromatic carbocycles. The normalized spacial score (nSPS) is 10.8. The Morgan fingerprint density at radius 2 is 2.15 bits per heavy atom. The molecule has 0 fully saturated rings. The van der Waals surface area contributed by atoms with Gasteiger partial charge >= 0.3 is 0 Å². The van der Waals surface area contributed by atoms with E-state index >= 15 is 0 Å². The summed E-state index contributed by atoms with van der Waals surface area (Å²) in [5.74, 6) is 2.97. The summed E-state index contributed by atoms with van der Waals surface area (Å²) in [4.78, 5) is 8.83. The van der Waals surface area contributed by atoms with Crippen LogP contribution in [0.15, 0.2) is 18.5 Å². The first-order valence-electron chi connectivity index (χ1n) is 6.89. The number of aryl methyl sites for hydroxylation is 1. The Morgan fingerprint density at radius 1 is 1.35 bits per heavy atom. The van der Waals surface area contributed by atoms with Gasteiger partial charge in [0.15, 0.2) is 5.75 Å². The van der Waals surface area contributed by atoms with E-state index in [9.17, 15) is 0 Å². The molecule has 0 atom stereocenters. The van der Waals surface area contributed by atoms with Gasteiger partial charge in [0, 0.05) is 25.6 Å². The molecule has 0 aliphatic carbocycles. The van der Waals surface area contributed by atoms with Crippen molar-refractivity contribution in [3.63, 3.8) is 0 Å². The summed E-state index contributed by atoms with van der Waals surface area (Å²) < 4.78 is 7.62. The van der Waals surface area contributed by atoms with Crippen LogP contribution in [0.3, 0.4) is 0 Å². The topological polar surface area (TPSA) is 64.9 Å². The van der Waals surface area contributed by atoms with Gasteiger partial charge in [-0.15, -0.1) is 0 Å². The number of anilines is 1. The van der Waals surface area contributed by atoms with Crippen molar-refractivity contribution in [3.8, 4) is 11.6 Å². The van der Waals surface area contributed by atoms with Crippen LogP contribution >= 0.6 is 0 Å². The number of rotatable bonds is 6. The molecule has 6 nitrogen and oxygen atoms in total. The van der Waals surface area contributed by atoms with E-state index in [1.807, 2.05) is 17.9 Å². The number of hydrogen-bond acceptors (Lipinski definition) is 5. The molecule has 20 heavy (non-hydrogen) atoms. The lowest BCUT2D eigenvalue weighted by Gasteiger charge is -2.09. The lowest BCUT2D eigenvalue weighted by Crippen LogP contribution is -2.03. The second-order valence-electron chi connectivity index (χ2n) is 4.90. The number of aromatic nitrogens is 4. The van der Waals surface area contributed by atoms with Crippen LogP contribution in [0.4, 0.5) is 5.82 Å². The molecule has 0 bridgehead atoms. The molecule has 1 N–H and O–H groups in total. The summed E-state index contributed by atoms with van der Waals surface area (Å²) in [7, 11) is 1.83. The van der Waals surface area contributed by atoms with E-state index in [1.165, 1.54) is 0 Å². The van der Waals surface area contributed by atoms with Crippen molar-refractivity contribution in [2.45, 2.75) is 39.7 Å².